The van der Waals surface area contributed by atoms with Gasteiger partial charge in [-0.25, -0.2) is 9.48 Å². The number of carbonyl (C=O) groups excluding carboxylic acids is 2. The van der Waals surface area contributed by atoms with Crippen LogP contribution in [0.5, 0.6) is 0 Å². The molecule has 4 N–H and O–H groups in total. The number of carboxylic acid groups (broad SMARTS) is 1. The van der Waals surface area contributed by atoms with Gasteiger partial charge < -0.3 is 25.8 Å². The van der Waals surface area contributed by atoms with Crippen molar-refractivity contribution in [1.29, 1.82) is 0 Å². The van der Waals surface area contributed by atoms with Crippen LogP contribution in [0.3, 0.4) is 0 Å². The van der Waals surface area contributed by atoms with Crippen molar-refractivity contribution in [3.63, 3.8) is 0 Å². The molecule has 2 amide bonds. The predicted molar refractivity (Wildman–Crippen MR) is 112 cm³/mol. The molecule has 11 heteroatoms. The zero-order valence-electron chi connectivity index (χ0n) is 18.4. The average molecular weight is 437 g/mol. The molecule has 0 spiro atoms. The number of nitrogens with one attached hydrogen (secondary N) is 3. The number of carboxylic acids is 1. The van der Waals surface area contributed by atoms with E-state index < -0.39 is 18.1 Å². The number of nitrogens with zero attached hydrogens (tertiary/aromatic N) is 3. The van der Waals surface area contributed by atoms with Crippen LogP contribution in [0.4, 0.5) is 0 Å². The van der Waals surface area contributed by atoms with Gasteiger partial charge in [0.15, 0.2) is 0 Å². The third-order valence-electron chi connectivity index (χ3n) is 5.21. The van der Waals surface area contributed by atoms with Crippen LogP contribution in [0, 0.1) is 0 Å². The van der Waals surface area contributed by atoms with Crippen LogP contribution in [-0.4, -0.2) is 69.2 Å². The van der Waals surface area contributed by atoms with Gasteiger partial charge in [0.05, 0.1) is 30.1 Å². The van der Waals surface area contributed by atoms with E-state index in [4.69, 9.17) is 4.74 Å². The lowest BCUT2D eigenvalue weighted by Gasteiger charge is -2.38. The summed E-state index contributed by atoms with van der Waals surface area (Å²) in [6, 6.07) is -0.828. The number of rotatable bonds is 11. The van der Waals surface area contributed by atoms with E-state index in [1.54, 1.807) is 19.3 Å². The fourth-order valence-electron chi connectivity index (χ4n) is 3.52. The minimum atomic E-state index is -1.01. The lowest BCUT2D eigenvalue weighted by Crippen LogP contribution is -2.58. The first kappa shape index (κ1) is 24.5. The topological polar surface area (TPSA) is 147 Å². The summed E-state index contributed by atoms with van der Waals surface area (Å²) in [5, 5.41) is 26.3. The molecule has 1 aromatic heterocycles. The summed E-state index contributed by atoms with van der Waals surface area (Å²) in [6.07, 6.45) is 4.40. The van der Waals surface area contributed by atoms with E-state index in [2.05, 4.69) is 26.3 Å². The van der Waals surface area contributed by atoms with Gasteiger partial charge >= 0.3 is 5.97 Å². The Balaban J connectivity index is 2.18. The molecule has 31 heavy (non-hydrogen) atoms. The Bertz CT molecular complexity index is 804. The smallest absolute Gasteiger partial charge is 0.331 e. The molecule has 1 aliphatic carbocycles. The highest BCUT2D eigenvalue weighted by atomic mass is 16.5. The van der Waals surface area contributed by atoms with Crippen molar-refractivity contribution in [2.75, 3.05) is 7.05 Å². The summed E-state index contributed by atoms with van der Waals surface area (Å²) in [4.78, 5) is 35.0. The van der Waals surface area contributed by atoms with Crippen molar-refractivity contribution >= 4 is 17.8 Å². The molecule has 3 atom stereocenters. The second-order valence-electron chi connectivity index (χ2n) is 7.53. The van der Waals surface area contributed by atoms with Gasteiger partial charge in [-0.1, -0.05) is 19.1 Å². The normalized spacial score (nSPS) is 20.9. The molecule has 0 saturated heterocycles. The van der Waals surface area contributed by atoms with Crippen LogP contribution < -0.4 is 16.0 Å². The van der Waals surface area contributed by atoms with Crippen LogP contribution in [0.25, 0.3) is 0 Å². The number of ether oxygens (including phenoxy) is 1. The zero-order valence-corrected chi connectivity index (χ0v) is 18.4. The predicted octanol–water partition coefficient (Wildman–Crippen LogP) is -0.0245. The summed E-state index contributed by atoms with van der Waals surface area (Å²) in [5.41, 5.74) is 0.827. The molecule has 0 fully saturated rings. The fraction of sp³-hybridized carbons (Fsp3) is 0.650. The van der Waals surface area contributed by atoms with Gasteiger partial charge in [0.1, 0.15) is 6.54 Å². The number of likely N-dealkylation sites (N-methyl/N-ethyl adjacent to an activating group) is 1. The van der Waals surface area contributed by atoms with Crippen LogP contribution in [0.1, 0.15) is 45.7 Å². The number of aliphatic carboxylic acids is 1. The molecular weight excluding hydrogens is 404 g/mol. The van der Waals surface area contributed by atoms with E-state index in [0.717, 1.165) is 12.8 Å². The fourth-order valence-corrected chi connectivity index (χ4v) is 3.52. The minimum Gasteiger partial charge on any atom is -0.478 e. The highest BCUT2D eigenvalue weighted by Crippen LogP contribution is 2.24. The van der Waals surface area contributed by atoms with Crippen LogP contribution in [-0.2, 0) is 32.2 Å². The average Bonchev–Trinajstić information content (AvgIpc) is 3.18. The van der Waals surface area contributed by atoms with Crippen molar-refractivity contribution < 1.29 is 24.2 Å². The molecule has 0 unspecified atom stereocenters. The zero-order chi connectivity index (χ0) is 23.0. The van der Waals surface area contributed by atoms with Crippen LogP contribution in [0.15, 0.2) is 17.8 Å². The molecule has 1 aromatic rings. The summed E-state index contributed by atoms with van der Waals surface area (Å²) in [6.45, 7) is 5.78. The number of carbonyl (C=O) groups is 3. The Kier molecular flexibility index (Phi) is 9.13. The summed E-state index contributed by atoms with van der Waals surface area (Å²) in [5.74, 6) is -1.43. The number of aromatic nitrogens is 3. The SMILES string of the molecule is CCC(CC)O[C@@H]1C=C(C(=O)O)C[C@H](NCc2cn(CC(=O)NC)nn2)[C@H]1NC(C)=O. The highest BCUT2D eigenvalue weighted by molar-refractivity contribution is 5.87. The summed E-state index contributed by atoms with van der Waals surface area (Å²) >= 11 is 0. The highest BCUT2D eigenvalue weighted by Gasteiger charge is 2.37. The second kappa shape index (κ2) is 11.6. The minimum absolute atomic E-state index is 0.0455. The first-order valence-corrected chi connectivity index (χ1v) is 10.5. The van der Waals surface area contributed by atoms with E-state index in [1.807, 2.05) is 13.8 Å². The Labute approximate surface area is 181 Å². The molecule has 11 nitrogen and oxygen atoms in total. The standard InChI is InChI=1S/C20H32N6O5/c1-5-15(6-2)31-17-8-13(20(29)30)7-16(19(17)23-12(3)27)22-9-14-10-26(25-24-14)11-18(28)21-4/h8,10,15-17,19,22H,5-7,9,11H2,1-4H3,(H,21,28)(H,23,27)(H,29,30)/t16-,17+,19+/m0/s1. The summed E-state index contributed by atoms with van der Waals surface area (Å²) in [7, 11) is 1.54. The lowest BCUT2D eigenvalue weighted by molar-refractivity contribution is -0.133. The lowest BCUT2D eigenvalue weighted by atomic mass is 9.87. The third-order valence-corrected chi connectivity index (χ3v) is 5.21. The molecule has 0 bridgehead atoms. The van der Waals surface area contributed by atoms with Crippen molar-refractivity contribution in [3.8, 4) is 0 Å². The number of hydrogen-bond acceptors (Lipinski definition) is 7. The molecule has 172 valence electrons. The Hall–Kier alpha value is -2.79. The van der Waals surface area contributed by atoms with E-state index in [0.29, 0.717) is 12.2 Å². The molecule has 1 heterocycles. The van der Waals surface area contributed by atoms with Crippen LogP contribution in [0.2, 0.25) is 0 Å². The van der Waals surface area contributed by atoms with E-state index >= 15 is 0 Å². The first-order valence-electron chi connectivity index (χ1n) is 10.5. The third kappa shape index (κ3) is 7.14. The number of amides is 2. The van der Waals surface area contributed by atoms with Gasteiger partial charge in [0.2, 0.25) is 11.8 Å². The maximum Gasteiger partial charge on any atom is 0.331 e. The van der Waals surface area contributed by atoms with Gasteiger partial charge in [0.25, 0.3) is 0 Å². The summed E-state index contributed by atoms with van der Waals surface area (Å²) < 4.78 is 7.58. The van der Waals surface area contributed by atoms with E-state index in [-0.39, 0.29) is 42.5 Å². The van der Waals surface area contributed by atoms with Crippen molar-refractivity contribution in [2.24, 2.45) is 0 Å². The maximum atomic E-state index is 11.9. The molecule has 1 aliphatic rings. The van der Waals surface area contributed by atoms with E-state index in [9.17, 15) is 19.5 Å². The van der Waals surface area contributed by atoms with Crippen molar-refractivity contribution in [3.05, 3.63) is 23.5 Å². The Morgan fingerprint density at radius 1 is 1.32 bits per heavy atom. The van der Waals surface area contributed by atoms with Gasteiger partial charge in [0, 0.05) is 32.1 Å². The molecule has 0 saturated carbocycles. The van der Waals surface area contributed by atoms with Gasteiger partial charge in [-0.15, -0.1) is 5.10 Å². The van der Waals surface area contributed by atoms with E-state index in [1.165, 1.54) is 11.6 Å². The quantitative estimate of drug-likeness (QED) is 0.378. The number of hydrogen-bond donors (Lipinski definition) is 4. The van der Waals surface area contributed by atoms with Gasteiger partial charge in [-0.05, 0) is 25.3 Å². The molecule has 0 aromatic carbocycles. The van der Waals surface area contributed by atoms with Crippen LogP contribution >= 0.6 is 0 Å². The Morgan fingerprint density at radius 2 is 2.03 bits per heavy atom. The molecule has 0 radical (unpaired) electrons. The molecular formula is C20H32N6O5. The first-order chi connectivity index (χ1) is 14.8. The van der Waals surface area contributed by atoms with Gasteiger partial charge in [-0.2, -0.15) is 0 Å². The second-order valence-corrected chi connectivity index (χ2v) is 7.53. The molecule has 0 aliphatic heterocycles. The maximum absolute atomic E-state index is 11.9. The molecule has 2 rings (SSSR count). The van der Waals surface area contributed by atoms with Gasteiger partial charge in [-0.3, -0.25) is 9.59 Å². The largest absolute Gasteiger partial charge is 0.478 e. The van der Waals surface area contributed by atoms with Crippen molar-refractivity contribution in [2.45, 2.75) is 77.4 Å². The van der Waals surface area contributed by atoms with Crippen molar-refractivity contribution in [1.82, 2.24) is 30.9 Å². The Morgan fingerprint density at radius 3 is 2.61 bits per heavy atom. The monoisotopic (exact) mass is 436 g/mol.